The molecule has 0 unspecified atom stereocenters. The summed E-state index contributed by atoms with van der Waals surface area (Å²) in [4.78, 5) is 0. The Kier molecular flexibility index (Phi) is 4.36. The van der Waals surface area contributed by atoms with Crippen molar-refractivity contribution >= 4 is 70.0 Å². The fraction of sp³-hybridized carbons (Fsp3) is 0. The molecule has 2 aliphatic rings. The molecule has 7 heteroatoms. The molecule has 2 aliphatic heterocycles. The molecule has 0 saturated carbocycles. The summed E-state index contributed by atoms with van der Waals surface area (Å²) in [6, 6.07) is 34.1. The molecular formula is C30H18BF2IN2O. The van der Waals surface area contributed by atoms with Crippen molar-refractivity contribution in [2.45, 2.75) is 0 Å². The predicted octanol–water partition coefficient (Wildman–Crippen LogP) is 7.22. The first-order valence-corrected chi connectivity index (χ1v) is 15.7. The van der Waals surface area contributed by atoms with E-state index in [9.17, 15) is 0 Å². The zero-order valence-corrected chi connectivity index (χ0v) is 21.6. The summed E-state index contributed by atoms with van der Waals surface area (Å²) in [6.07, 6.45) is 0. The van der Waals surface area contributed by atoms with Gasteiger partial charge in [0.1, 0.15) is 0 Å². The summed E-state index contributed by atoms with van der Waals surface area (Å²) in [5.74, 6) is 1.61. The third kappa shape index (κ3) is 2.91. The Bertz CT molecular complexity index is 1960. The summed E-state index contributed by atoms with van der Waals surface area (Å²) in [5, 5.41) is 1.41. The number of nitrogens with zero attached hydrogens (tertiary/aromatic N) is 2. The second kappa shape index (κ2) is 7.58. The third-order valence-electron chi connectivity index (χ3n) is 7.33. The molecule has 3 nitrogen and oxygen atoms in total. The number of hydrogen-bond acceptors (Lipinski definition) is 2. The van der Waals surface area contributed by atoms with Crippen LogP contribution in [0.2, 0.25) is 0 Å². The van der Waals surface area contributed by atoms with Crippen LogP contribution in [-0.2, 0) is 0 Å². The van der Waals surface area contributed by atoms with Crippen molar-refractivity contribution in [3.8, 4) is 17.2 Å². The standard InChI is InChI=1S/C30H18BF2IN2O/c32-34(33,35-19-9-2-1-3-10-19)23-13-8-15-25-28(23)20-17-18-27-29-30(20)36(25)24-14-6-4-11-21(24)31(29)22-12-5-7-16-26(22)37-27/h1-18H. The average Bonchev–Trinajstić information content (AvgIpc) is 3.27. The van der Waals surface area contributed by atoms with Crippen molar-refractivity contribution < 1.29 is 10.5 Å². The van der Waals surface area contributed by atoms with Gasteiger partial charge in [-0.1, -0.05) is 0 Å². The molecule has 0 atom stereocenters. The van der Waals surface area contributed by atoms with Gasteiger partial charge in [0.05, 0.1) is 0 Å². The van der Waals surface area contributed by atoms with Crippen molar-refractivity contribution in [1.29, 1.82) is 0 Å². The number of fused-ring (bicyclic) bond motifs is 8. The maximum absolute atomic E-state index is 16.0. The van der Waals surface area contributed by atoms with E-state index in [0.29, 0.717) is 11.1 Å². The van der Waals surface area contributed by atoms with E-state index >= 15 is 5.72 Å². The van der Waals surface area contributed by atoms with Crippen molar-refractivity contribution in [2.24, 2.45) is 3.15 Å². The molecule has 0 amide bonds. The molecule has 1 aromatic heterocycles. The van der Waals surface area contributed by atoms with Crippen LogP contribution in [0.15, 0.2) is 112 Å². The minimum atomic E-state index is -5.72. The van der Waals surface area contributed by atoms with Gasteiger partial charge in [-0.2, -0.15) is 0 Å². The molecule has 0 aliphatic carbocycles. The Morgan fingerprint density at radius 1 is 0.703 bits per heavy atom. The van der Waals surface area contributed by atoms with Gasteiger partial charge in [-0.15, -0.1) is 0 Å². The average molecular weight is 598 g/mol. The Labute approximate surface area is 217 Å². The molecule has 0 fully saturated rings. The first kappa shape index (κ1) is 21.3. The first-order chi connectivity index (χ1) is 18.1. The number of halogens is 3. The number of para-hydroxylation sites is 2. The Morgan fingerprint density at radius 3 is 2.32 bits per heavy atom. The first-order valence-electron chi connectivity index (χ1n) is 12.0. The third-order valence-corrected chi connectivity index (χ3v) is 10.8. The van der Waals surface area contributed by atoms with Crippen molar-refractivity contribution in [2.75, 3.05) is 0 Å². The molecule has 0 radical (unpaired) electrons. The van der Waals surface area contributed by atoms with Gasteiger partial charge in [-0.3, -0.25) is 0 Å². The normalized spacial score (nSPS) is 13.7. The second-order valence-corrected chi connectivity index (χ2v) is 13.3. The number of aromatic nitrogens is 1. The van der Waals surface area contributed by atoms with E-state index in [1.807, 2.05) is 54.6 Å². The fourth-order valence-corrected chi connectivity index (χ4v) is 9.06. The van der Waals surface area contributed by atoms with Gasteiger partial charge in [0, 0.05) is 0 Å². The number of hydrogen-bond donors (Lipinski definition) is 0. The van der Waals surface area contributed by atoms with Crippen molar-refractivity contribution in [1.82, 2.24) is 4.57 Å². The quantitative estimate of drug-likeness (QED) is 0.153. The van der Waals surface area contributed by atoms with Crippen LogP contribution in [0, 0.1) is 3.57 Å². The molecule has 6 aromatic rings. The Hall–Kier alpha value is -3.85. The van der Waals surface area contributed by atoms with E-state index in [0.717, 1.165) is 50.0 Å². The van der Waals surface area contributed by atoms with Crippen LogP contribution in [0.3, 0.4) is 0 Å². The van der Waals surface area contributed by atoms with Gasteiger partial charge in [0.15, 0.2) is 0 Å². The molecule has 0 bridgehead atoms. The van der Waals surface area contributed by atoms with Crippen LogP contribution in [-0.4, -0.2) is 11.3 Å². The fourth-order valence-electron chi connectivity index (χ4n) is 5.92. The van der Waals surface area contributed by atoms with Gasteiger partial charge < -0.3 is 0 Å². The molecule has 0 spiro atoms. The van der Waals surface area contributed by atoms with E-state index in [2.05, 4.69) is 25.9 Å². The van der Waals surface area contributed by atoms with Gasteiger partial charge >= 0.3 is 218 Å². The summed E-state index contributed by atoms with van der Waals surface area (Å²) in [6.45, 7) is -0.0319. The number of benzene rings is 5. The second-order valence-electron chi connectivity index (χ2n) is 9.30. The summed E-state index contributed by atoms with van der Waals surface area (Å²) in [7, 11) is 0. The Morgan fingerprint density at radius 2 is 1.46 bits per heavy atom. The SMILES string of the molecule is FI(F)(=Nc1ccccc1)c1cccc2c1c1ccc3c4c1n2-c1ccccc1B4c1ccccc1O3. The molecule has 5 aromatic carbocycles. The monoisotopic (exact) mass is 598 g/mol. The summed E-state index contributed by atoms with van der Waals surface area (Å²) in [5.41, 5.74) is 6.32. The van der Waals surface area contributed by atoms with Crippen LogP contribution >= 0.6 is 19.4 Å². The molecular weight excluding hydrogens is 580 g/mol. The molecule has 178 valence electrons. The molecule has 3 heterocycles. The van der Waals surface area contributed by atoms with Crippen LogP contribution in [0.5, 0.6) is 11.5 Å². The van der Waals surface area contributed by atoms with Gasteiger partial charge in [-0.05, 0) is 0 Å². The van der Waals surface area contributed by atoms with Crippen LogP contribution in [0.1, 0.15) is 0 Å². The van der Waals surface area contributed by atoms with E-state index in [1.165, 1.54) is 0 Å². The zero-order chi connectivity index (χ0) is 24.7. The van der Waals surface area contributed by atoms with Gasteiger partial charge in [0.2, 0.25) is 0 Å². The molecule has 37 heavy (non-hydrogen) atoms. The van der Waals surface area contributed by atoms with E-state index in [1.54, 1.807) is 36.4 Å². The van der Waals surface area contributed by atoms with E-state index < -0.39 is 19.4 Å². The molecule has 8 rings (SSSR count). The molecule has 0 N–H and O–H groups in total. The van der Waals surface area contributed by atoms with Crippen LogP contribution in [0.4, 0.5) is 11.4 Å². The van der Waals surface area contributed by atoms with Gasteiger partial charge in [0.25, 0.3) is 0 Å². The zero-order valence-electron chi connectivity index (χ0n) is 19.4. The maximum atomic E-state index is 16.0. The van der Waals surface area contributed by atoms with Crippen LogP contribution < -0.4 is 21.1 Å². The number of rotatable bonds is 2. The summed E-state index contributed by atoms with van der Waals surface area (Å²) < 4.78 is 44.7. The summed E-state index contributed by atoms with van der Waals surface area (Å²) >= 11 is -5.72. The van der Waals surface area contributed by atoms with Crippen molar-refractivity contribution in [3.05, 3.63) is 113 Å². The predicted molar refractivity (Wildman–Crippen MR) is 155 cm³/mol. The van der Waals surface area contributed by atoms with Crippen LogP contribution in [0.25, 0.3) is 27.5 Å². The number of ether oxygens (including phenoxy) is 1. The van der Waals surface area contributed by atoms with E-state index in [-0.39, 0.29) is 10.3 Å². The minimum absolute atomic E-state index is 0.0319. The topological polar surface area (TPSA) is 26.5 Å². The Balaban J connectivity index is 1.52. The van der Waals surface area contributed by atoms with Gasteiger partial charge in [-0.25, -0.2) is 0 Å². The molecule has 0 saturated heterocycles. The van der Waals surface area contributed by atoms with Crippen molar-refractivity contribution in [3.63, 3.8) is 0 Å². The van der Waals surface area contributed by atoms with E-state index in [4.69, 9.17) is 4.74 Å².